The van der Waals surface area contributed by atoms with Crippen molar-refractivity contribution in [3.8, 4) is 0 Å². The smallest absolute Gasteiger partial charge is 0.242 e. The first-order valence-electron chi connectivity index (χ1n) is 7.75. The molecule has 4 heteroatoms. The summed E-state index contributed by atoms with van der Waals surface area (Å²) in [7, 11) is 0. The highest BCUT2D eigenvalue weighted by atomic mass is 35.5. The van der Waals surface area contributed by atoms with Gasteiger partial charge in [-0.3, -0.25) is 4.79 Å². The standard InChI is InChI=1S/C17H24N2O.ClH/c1-13-11-15(14-7-3-2-4-8-14)12-19(13)16(20)17(18)9-5-6-10-17;/h2-4,7-8,13,15H,5-6,9-12,18H2,1H3;1H. The first-order chi connectivity index (χ1) is 9.60. The molecular formula is C17H25ClN2O. The molecule has 2 N–H and O–H groups in total. The van der Waals surface area contributed by atoms with Crippen molar-refractivity contribution in [2.75, 3.05) is 6.54 Å². The van der Waals surface area contributed by atoms with E-state index >= 15 is 0 Å². The van der Waals surface area contributed by atoms with Gasteiger partial charge in [0, 0.05) is 18.5 Å². The van der Waals surface area contributed by atoms with E-state index in [1.54, 1.807) is 0 Å². The Morgan fingerprint density at radius 1 is 1.24 bits per heavy atom. The zero-order valence-corrected chi connectivity index (χ0v) is 13.4. The van der Waals surface area contributed by atoms with E-state index in [0.29, 0.717) is 12.0 Å². The summed E-state index contributed by atoms with van der Waals surface area (Å²) < 4.78 is 0. The van der Waals surface area contributed by atoms with Crippen molar-refractivity contribution in [2.45, 2.75) is 56.5 Å². The van der Waals surface area contributed by atoms with Gasteiger partial charge in [-0.2, -0.15) is 0 Å². The fraction of sp³-hybridized carbons (Fsp3) is 0.588. The number of hydrogen-bond donors (Lipinski definition) is 1. The van der Waals surface area contributed by atoms with Gasteiger partial charge in [0.25, 0.3) is 0 Å². The Hall–Kier alpha value is -1.06. The van der Waals surface area contributed by atoms with Gasteiger partial charge in [0.05, 0.1) is 5.54 Å². The van der Waals surface area contributed by atoms with Crippen molar-refractivity contribution < 1.29 is 4.79 Å². The van der Waals surface area contributed by atoms with Crippen molar-refractivity contribution in [1.29, 1.82) is 0 Å². The average Bonchev–Trinajstić information content (AvgIpc) is 3.06. The molecule has 1 aromatic carbocycles. The van der Waals surface area contributed by atoms with E-state index in [1.165, 1.54) is 5.56 Å². The third-order valence-electron chi connectivity index (χ3n) is 5.03. The van der Waals surface area contributed by atoms with E-state index in [2.05, 4.69) is 31.2 Å². The molecule has 2 fully saturated rings. The predicted molar refractivity (Wildman–Crippen MR) is 87.6 cm³/mol. The summed E-state index contributed by atoms with van der Waals surface area (Å²) >= 11 is 0. The quantitative estimate of drug-likeness (QED) is 0.912. The Morgan fingerprint density at radius 3 is 2.48 bits per heavy atom. The van der Waals surface area contributed by atoms with Crippen LogP contribution >= 0.6 is 12.4 Å². The van der Waals surface area contributed by atoms with E-state index in [9.17, 15) is 4.79 Å². The van der Waals surface area contributed by atoms with Crippen molar-refractivity contribution in [3.05, 3.63) is 35.9 Å². The highest BCUT2D eigenvalue weighted by Crippen LogP contribution is 2.36. The van der Waals surface area contributed by atoms with Crippen molar-refractivity contribution in [2.24, 2.45) is 5.73 Å². The summed E-state index contributed by atoms with van der Waals surface area (Å²) in [5.41, 5.74) is 7.09. The fourth-order valence-corrected chi connectivity index (χ4v) is 3.79. The van der Waals surface area contributed by atoms with Gasteiger partial charge < -0.3 is 10.6 Å². The van der Waals surface area contributed by atoms with Gasteiger partial charge in [-0.25, -0.2) is 0 Å². The zero-order valence-electron chi connectivity index (χ0n) is 12.6. The molecule has 21 heavy (non-hydrogen) atoms. The monoisotopic (exact) mass is 308 g/mol. The second-order valence-corrected chi connectivity index (χ2v) is 6.51. The van der Waals surface area contributed by atoms with Gasteiger partial charge in [-0.05, 0) is 31.7 Å². The van der Waals surface area contributed by atoms with Crippen LogP contribution in [-0.2, 0) is 4.79 Å². The molecule has 1 amide bonds. The summed E-state index contributed by atoms with van der Waals surface area (Å²) in [6.07, 6.45) is 4.93. The highest BCUT2D eigenvalue weighted by molar-refractivity contribution is 5.87. The van der Waals surface area contributed by atoms with Crippen LogP contribution in [0.5, 0.6) is 0 Å². The molecule has 0 radical (unpaired) electrons. The van der Waals surface area contributed by atoms with E-state index in [1.807, 2.05) is 11.0 Å². The minimum absolute atomic E-state index is 0. The van der Waals surface area contributed by atoms with Crippen LogP contribution in [0.25, 0.3) is 0 Å². The van der Waals surface area contributed by atoms with Gasteiger partial charge >= 0.3 is 0 Å². The van der Waals surface area contributed by atoms with E-state index in [4.69, 9.17) is 5.73 Å². The maximum absolute atomic E-state index is 12.8. The van der Waals surface area contributed by atoms with Crippen molar-refractivity contribution in [1.82, 2.24) is 4.90 Å². The van der Waals surface area contributed by atoms with Crippen LogP contribution in [0.4, 0.5) is 0 Å². The Bertz CT molecular complexity index is 485. The minimum Gasteiger partial charge on any atom is -0.338 e. The summed E-state index contributed by atoms with van der Waals surface area (Å²) in [5, 5.41) is 0. The molecule has 2 unspecified atom stereocenters. The number of carbonyl (C=O) groups is 1. The number of halogens is 1. The summed E-state index contributed by atoms with van der Waals surface area (Å²) in [4.78, 5) is 14.8. The van der Waals surface area contributed by atoms with Crippen LogP contribution in [0, 0.1) is 0 Å². The Kier molecular flexibility index (Phi) is 4.95. The lowest BCUT2D eigenvalue weighted by molar-refractivity contribution is -0.137. The highest BCUT2D eigenvalue weighted by Gasteiger charge is 2.44. The van der Waals surface area contributed by atoms with Crippen LogP contribution < -0.4 is 5.73 Å². The Balaban J connectivity index is 0.00000161. The largest absolute Gasteiger partial charge is 0.338 e. The van der Waals surface area contributed by atoms with E-state index in [0.717, 1.165) is 38.6 Å². The molecule has 1 aliphatic heterocycles. The maximum Gasteiger partial charge on any atom is 0.242 e. The number of carbonyl (C=O) groups excluding carboxylic acids is 1. The molecule has 1 aromatic rings. The second kappa shape index (κ2) is 6.37. The number of likely N-dealkylation sites (tertiary alicyclic amines) is 1. The predicted octanol–water partition coefficient (Wildman–Crippen LogP) is 3.08. The minimum atomic E-state index is -0.583. The Morgan fingerprint density at radius 2 is 1.86 bits per heavy atom. The van der Waals surface area contributed by atoms with Crippen molar-refractivity contribution in [3.63, 3.8) is 0 Å². The van der Waals surface area contributed by atoms with Crippen LogP contribution in [0.1, 0.15) is 50.5 Å². The zero-order chi connectivity index (χ0) is 14.2. The van der Waals surface area contributed by atoms with E-state index < -0.39 is 5.54 Å². The number of nitrogens with zero attached hydrogens (tertiary/aromatic N) is 1. The van der Waals surface area contributed by atoms with Crippen LogP contribution in [0.15, 0.2) is 30.3 Å². The van der Waals surface area contributed by atoms with Gasteiger partial charge in [-0.15, -0.1) is 12.4 Å². The molecule has 3 nitrogen and oxygen atoms in total. The summed E-state index contributed by atoms with van der Waals surface area (Å²) in [6.45, 7) is 2.97. The molecule has 2 atom stereocenters. The molecule has 116 valence electrons. The lowest BCUT2D eigenvalue weighted by Crippen LogP contribution is -2.54. The third kappa shape index (κ3) is 3.09. The first kappa shape index (κ1) is 16.3. The summed E-state index contributed by atoms with van der Waals surface area (Å²) in [6, 6.07) is 10.8. The molecule has 3 rings (SSSR count). The third-order valence-corrected chi connectivity index (χ3v) is 5.03. The maximum atomic E-state index is 12.8. The van der Waals surface area contributed by atoms with Gasteiger partial charge in [0.2, 0.25) is 5.91 Å². The molecular weight excluding hydrogens is 284 g/mol. The molecule has 1 saturated heterocycles. The number of nitrogens with two attached hydrogens (primary N) is 1. The molecule has 2 aliphatic rings. The summed E-state index contributed by atoms with van der Waals surface area (Å²) in [5.74, 6) is 0.640. The normalized spacial score (nSPS) is 27.4. The number of amides is 1. The van der Waals surface area contributed by atoms with Crippen LogP contribution in [0.2, 0.25) is 0 Å². The topological polar surface area (TPSA) is 46.3 Å². The van der Waals surface area contributed by atoms with Gasteiger partial charge in [0.15, 0.2) is 0 Å². The molecule has 0 aromatic heterocycles. The van der Waals surface area contributed by atoms with Crippen LogP contribution in [-0.4, -0.2) is 28.9 Å². The molecule has 1 saturated carbocycles. The second-order valence-electron chi connectivity index (χ2n) is 6.51. The SMILES string of the molecule is CC1CC(c2ccccc2)CN1C(=O)C1(N)CCCC1.Cl. The fourth-order valence-electron chi connectivity index (χ4n) is 3.79. The Labute approximate surface area is 133 Å². The molecule has 1 heterocycles. The number of benzene rings is 1. The number of rotatable bonds is 2. The van der Waals surface area contributed by atoms with Crippen LogP contribution in [0.3, 0.4) is 0 Å². The molecule has 0 spiro atoms. The van der Waals surface area contributed by atoms with E-state index in [-0.39, 0.29) is 18.3 Å². The average molecular weight is 309 g/mol. The lowest BCUT2D eigenvalue weighted by atomic mass is 9.96. The first-order valence-corrected chi connectivity index (χ1v) is 7.75. The number of hydrogen-bond acceptors (Lipinski definition) is 2. The molecule has 1 aliphatic carbocycles. The van der Waals surface area contributed by atoms with Crippen molar-refractivity contribution >= 4 is 18.3 Å². The molecule has 0 bridgehead atoms. The van der Waals surface area contributed by atoms with Gasteiger partial charge in [-0.1, -0.05) is 43.2 Å². The van der Waals surface area contributed by atoms with Gasteiger partial charge in [0.1, 0.15) is 0 Å². The lowest BCUT2D eigenvalue weighted by Gasteiger charge is -2.31.